The molecule has 0 aliphatic rings. The Bertz CT molecular complexity index is 793. The highest BCUT2D eigenvalue weighted by Crippen LogP contribution is 2.27. The van der Waals surface area contributed by atoms with Crippen molar-refractivity contribution in [3.05, 3.63) is 59.7 Å². The van der Waals surface area contributed by atoms with Gasteiger partial charge in [0, 0.05) is 12.1 Å². The summed E-state index contributed by atoms with van der Waals surface area (Å²) in [5, 5.41) is 11.9. The van der Waals surface area contributed by atoms with E-state index >= 15 is 0 Å². The Kier molecular flexibility index (Phi) is 5.69. The SMILES string of the molecule is CCNC(=O)[C@@H](C)OC(=O)c1ccccc1-c1ccccc1C#N. The number of benzene rings is 2. The number of ether oxygens (including phenoxy) is 1. The van der Waals surface area contributed by atoms with Gasteiger partial charge in [-0.2, -0.15) is 5.26 Å². The number of likely N-dealkylation sites (N-methyl/N-ethyl adjacent to an activating group) is 1. The lowest BCUT2D eigenvalue weighted by atomic mass is 9.96. The fourth-order valence-electron chi connectivity index (χ4n) is 2.31. The van der Waals surface area contributed by atoms with E-state index < -0.39 is 12.1 Å². The minimum absolute atomic E-state index is 0.316. The highest BCUT2D eigenvalue weighted by atomic mass is 16.5. The van der Waals surface area contributed by atoms with Crippen LogP contribution in [0.15, 0.2) is 48.5 Å². The van der Waals surface area contributed by atoms with E-state index in [0.29, 0.717) is 28.8 Å². The van der Waals surface area contributed by atoms with Gasteiger partial charge in [-0.05, 0) is 31.5 Å². The molecule has 0 aliphatic heterocycles. The Morgan fingerprint density at radius 2 is 1.75 bits per heavy atom. The molecule has 0 radical (unpaired) electrons. The van der Waals surface area contributed by atoms with Gasteiger partial charge in [-0.3, -0.25) is 4.79 Å². The lowest BCUT2D eigenvalue weighted by Gasteiger charge is -2.15. The number of hydrogen-bond donors (Lipinski definition) is 1. The molecule has 1 atom stereocenters. The number of nitrogens with one attached hydrogen (secondary N) is 1. The van der Waals surface area contributed by atoms with Gasteiger partial charge < -0.3 is 10.1 Å². The second-order valence-electron chi connectivity index (χ2n) is 5.15. The maximum atomic E-state index is 12.5. The van der Waals surface area contributed by atoms with Crippen LogP contribution in [0.1, 0.15) is 29.8 Å². The summed E-state index contributed by atoms with van der Waals surface area (Å²) in [7, 11) is 0. The molecular weight excluding hydrogens is 304 g/mol. The van der Waals surface area contributed by atoms with Gasteiger partial charge in [0.15, 0.2) is 6.10 Å². The van der Waals surface area contributed by atoms with E-state index in [2.05, 4.69) is 11.4 Å². The van der Waals surface area contributed by atoms with Gasteiger partial charge in [-0.1, -0.05) is 36.4 Å². The van der Waals surface area contributed by atoms with E-state index in [-0.39, 0.29) is 5.91 Å². The van der Waals surface area contributed by atoms with Crippen LogP contribution in [0.4, 0.5) is 0 Å². The summed E-state index contributed by atoms with van der Waals surface area (Å²) >= 11 is 0. The van der Waals surface area contributed by atoms with Crippen molar-refractivity contribution in [3.8, 4) is 17.2 Å². The smallest absolute Gasteiger partial charge is 0.339 e. The Labute approximate surface area is 140 Å². The molecule has 0 saturated carbocycles. The maximum absolute atomic E-state index is 12.5. The van der Waals surface area contributed by atoms with Gasteiger partial charge in [-0.15, -0.1) is 0 Å². The largest absolute Gasteiger partial charge is 0.449 e. The van der Waals surface area contributed by atoms with Crippen LogP contribution in [0.25, 0.3) is 11.1 Å². The highest BCUT2D eigenvalue weighted by Gasteiger charge is 2.21. The molecule has 122 valence electrons. The fourth-order valence-corrected chi connectivity index (χ4v) is 2.31. The van der Waals surface area contributed by atoms with Crippen LogP contribution >= 0.6 is 0 Å². The Morgan fingerprint density at radius 3 is 2.42 bits per heavy atom. The molecule has 1 amide bonds. The molecule has 0 aliphatic carbocycles. The molecule has 5 heteroatoms. The van der Waals surface area contributed by atoms with Crippen molar-refractivity contribution < 1.29 is 14.3 Å². The summed E-state index contributed by atoms with van der Waals surface area (Å²) in [6, 6.07) is 16.0. The normalized spacial score (nSPS) is 11.2. The average molecular weight is 322 g/mol. The minimum Gasteiger partial charge on any atom is -0.449 e. The summed E-state index contributed by atoms with van der Waals surface area (Å²) < 4.78 is 5.25. The van der Waals surface area contributed by atoms with Gasteiger partial charge >= 0.3 is 5.97 Å². The van der Waals surface area contributed by atoms with E-state index in [1.54, 1.807) is 55.5 Å². The molecule has 0 fully saturated rings. The predicted octanol–water partition coefficient (Wildman–Crippen LogP) is 2.91. The molecule has 5 nitrogen and oxygen atoms in total. The molecular formula is C19H18N2O3. The standard InChI is InChI=1S/C19H18N2O3/c1-3-21-18(22)13(2)24-19(23)17-11-7-6-10-16(17)15-9-5-4-8-14(15)12-20/h4-11,13H,3H2,1-2H3,(H,21,22)/t13-/m1/s1. The zero-order valence-corrected chi connectivity index (χ0v) is 13.6. The monoisotopic (exact) mass is 322 g/mol. The lowest BCUT2D eigenvalue weighted by molar-refractivity contribution is -0.128. The summed E-state index contributed by atoms with van der Waals surface area (Å²) in [5.41, 5.74) is 2.03. The van der Waals surface area contributed by atoms with Crippen molar-refractivity contribution >= 4 is 11.9 Å². The lowest BCUT2D eigenvalue weighted by Crippen LogP contribution is -2.35. The zero-order valence-electron chi connectivity index (χ0n) is 13.6. The Balaban J connectivity index is 2.34. The number of nitriles is 1. The van der Waals surface area contributed by atoms with E-state index in [4.69, 9.17) is 4.74 Å². The van der Waals surface area contributed by atoms with E-state index in [1.165, 1.54) is 6.92 Å². The predicted molar refractivity (Wildman–Crippen MR) is 90.2 cm³/mol. The van der Waals surface area contributed by atoms with E-state index in [0.717, 1.165) is 0 Å². The van der Waals surface area contributed by atoms with Crippen molar-refractivity contribution in [2.75, 3.05) is 6.54 Å². The van der Waals surface area contributed by atoms with Crippen LogP contribution in [-0.4, -0.2) is 24.5 Å². The number of nitrogens with zero attached hydrogens (tertiary/aromatic N) is 1. The fraction of sp³-hybridized carbons (Fsp3) is 0.211. The molecule has 0 unspecified atom stereocenters. The second-order valence-corrected chi connectivity index (χ2v) is 5.15. The topological polar surface area (TPSA) is 79.2 Å². The van der Waals surface area contributed by atoms with Crippen LogP contribution in [0, 0.1) is 11.3 Å². The third kappa shape index (κ3) is 3.79. The Morgan fingerprint density at radius 1 is 1.12 bits per heavy atom. The first-order valence-electron chi connectivity index (χ1n) is 7.65. The summed E-state index contributed by atoms with van der Waals surface area (Å²) in [5.74, 6) is -0.946. The molecule has 24 heavy (non-hydrogen) atoms. The van der Waals surface area contributed by atoms with Crippen LogP contribution < -0.4 is 5.32 Å². The molecule has 0 spiro atoms. The van der Waals surface area contributed by atoms with Gasteiger partial charge in [0.25, 0.3) is 5.91 Å². The van der Waals surface area contributed by atoms with Crippen molar-refractivity contribution in [3.63, 3.8) is 0 Å². The summed E-state index contributed by atoms with van der Waals surface area (Å²) in [6.45, 7) is 3.78. The van der Waals surface area contributed by atoms with Gasteiger partial charge in [0.1, 0.15) is 0 Å². The first-order valence-corrected chi connectivity index (χ1v) is 7.65. The zero-order chi connectivity index (χ0) is 17.5. The van der Waals surface area contributed by atoms with Gasteiger partial charge in [0.2, 0.25) is 0 Å². The summed E-state index contributed by atoms with van der Waals surface area (Å²) in [4.78, 5) is 24.2. The molecule has 0 saturated heterocycles. The molecule has 2 aromatic rings. The second kappa shape index (κ2) is 7.93. The molecule has 1 N–H and O–H groups in total. The summed E-state index contributed by atoms with van der Waals surface area (Å²) in [6.07, 6.45) is -0.892. The van der Waals surface area contributed by atoms with Crippen molar-refractivity contribution in [1.29, 1.82) is 5.26 Å². The van der Waals surface area contributed by atoms with Crippen LogP contribution in [-0.2, 0) is 9.53 Å². The number of esters is 1. The van der Waals surface area contributed by atoms with E-state index in [1.807, 2.05) is 0 Å². The van der Waals surface area contributed by atoms with Gasteiger partial charge in [-0.25, -0.2) is 4.79 Å². The first-order chi connectivity index (χ1) is 11.6. The maximum Gasteiger partial charge on any atom is 0.339 e. The van der Waals surface area contributed by atoms with E-state index in [9.17, 15) is 14.9 Å². The molecule has 0 bridgehead atoms. The number of carbonyl (C=O) groups is 2. The number of hydrogen-bond acceptors (Lipinski definition) is 4. The van der Waals surface area contributed by atoms with Crippen molar-refractivity contribution in [2.24, 2.45) is 0 Å². The number of rotatable bonds is 5. The minimum atomic E-state index is -0.892. The van der Waals surface area contributed by atoms with Gasteiger partial charge in [0.05, 0.1) is 17.2 Å². The van der Waals surface area contributed by atoms with Crippen LogP contribution in [0.3, 0.4) is 0 Å². The van der Waals surface area contributed by atoms with Crippen molar-refractivity contribution in [2.45, 2.75) is 20.0 Å². The highest BCUT2D eigenvalue weighted by molar-refractivity contribution is 5.99. The molecule has 0 aromatic heterocycles. The van der Waals surface area contributed by atoms with Crippen LogP contribution in [0.5, 0.6) is 0 Å². The Hall–Kier alpha value is -3.13. The third-order valence-electron chi connectivity index (χ3n) is 3.49. The third-order valence-corrected chi connectivity index (χ3v) is 3.49. The number of carbonyl (C=O) groups excluding carboxylic acids is 2. The molecule has 2 aromatic carbocycles. The molecule has 0 heterocycles. The number of amides is 1. The quantitative estimate of drug-likeness (QED) is 0.858. The first kappa shape index (κ1) is 17.2. The molecule has 2 rings (SSSR count). The average Bonchev–Trinajstić information content (AvgIpc) is 2.61. The van der Waals surface area contributed by atoms with Crippen molar-refractivity contribution in [1.82, 2.24) is 5.32 Å². The van der Waals surface area contributed by atoms with Crippen LogP contribution in [0.2, 0.25) is 0 Å².